The van der Waals surface area contributed by atoms with E-state index in [9.17, 15) is 9.59 Å². The Hall–Kier alpha value is -1.79. The summed E-state index contributed by atoms with van der Waals surface area (Å²) in [6.45, 7) is 1.87. The quantitative estimate of drug-likeness (QED) is 0.822. The Morgan fingerprint density at radius 3 is 2.58 bits per heavy atom. The molecule has 0 saturated carbocycles. The minimum atomic E-state index is -0.522. The highest BCUT2D eigenvalue weighted by molar-refractivity contribution is 8.18. The second-order valence-corrected chi connectivity index (χ2v) is 5.10. The van der Waals surface area contributed by atoms with Gasteiger partial charge in [-0.15, -0.1) is 0 Å². The number of amides is 2. The summed E-state index contributed by atoms with van der Waals surface area (Å²) in [5.41, 5.74) is 0.803. The van der Waals surface area contributed by atoms with Crippen LogP contribution in [0.15, 0.2) is 29.2 Å². The molecule has 1 aliphatic heterocycles. The van der Waals surface area contributed by atoms with Gasteiger partial charge in [-0.25, -0.2) is 0 Å². The Balaban J connectivity index is 2.04. The van der Waals surface area contributed by atoms with Gasteiger partial charge >= 0.3 is 0 Å². The fraction of sp³-hybridized carbons (Fsp3) is 0.231. The summed E-state index contributed by atoms with van der Waals surface area (Å²) in [4.78, 5) is 22.7. The molecule has 5 nitrogen and oxygen atoms in total. The smallest absolute Gasteiger partial charge is 0.290 e. The number of carbonyl (C=O) groups excluding carboxylic acids is 2. The summed E-state index contributed by atoms with van der Waals surface area (Å²) in [5.74, 6) is 0.270. The van der Waals surface area contributed by atoms with Gasteiger partial charge in [0.1, 0.15) is 12.4 Å². The number of hydrogen-bond donors (Lipinski definition) is 2. The van der Waals surface area contributed by atoms with E-state index in [1.807, 2.05) is 0 Å². The minimum absolute atomic E-state index is 0.229. The van der Waals surface area contributed by atoms with Crippen molar-refractivity contribution in [3.8, 4) is 5.75 Å². The average Bonchev–Trinajstić information content (AvgIpc) is 2.67. The minimum Gasteiger partial charge on any atom is -0.491 e. The van der Waals surface area contributed by atoms with Crippen molar-refractivity contribution >= 4 is 29.0 Å². The summed E-state index contributed by atoms with van der Waals surface area (Å²) in [5, 5.41) is 10.9. The fourth-order valence-corrected chi connectivity index (χ4v) is 2.13. The second-order valence-electron chi connectivity index (χ2n) is 4.08. The Kier molecular flexibility index (Phi) is 4.24. The molecule has 100 valence electrons. The first-order valence-electron chi connectivity index (χ1n) is 5.70. The van der Waals surface area contributed by atoms with E-state index >= 15 is 0 Å². The maximum atomic E-state index is 11.4. The first kappa shape index (κ1) is 13.6. The lowest BCUT2D eigenvalue weighted by atomic mass is 10.2. The van der Waals surface area contributed by atoms with Crippen LogP contribution in [-0.2, 0) is 4.79 Å². The van der Waals surface area contributed by atoms with Gasteiger partial charge in [0, 0.05) is 0 Å². The maximum absolute atomic E-state index is 11.4. The molecule has 6 heteroatoms. The zero-order valence-electron chi connectivity index (χ0n) is 10.3. The highest BCUT2D eigenvalue weighted by Gasteiger charge is 2.24. The van der Waals surface area contributed by atoms with Gasteiger partial charge < -0.3 is 9.84 Å². The molecule has 2 rings (SSSR count). The van der Waals surface area contributed by atoms with Crippen molar-refractivity contribution in [2.75, 3.05) is 6.61 Å². The number of hydrogen-bond acceptors (Lipinski definition) is 5. The molecule has 1 unspecified atom stereocenters. The number of aliphatic hydroxyl groups is 1. The summed E-state index contributed by atoms with van der Waals surface area (Å²) in [6.07, 6.45) is 1.12. The summed E-state index contributed by atoms with van der Waals surface area (Å²) < 4.78 is 5.32. The average molecular weight is 279 g/mol. The van der Waals surface area contributed by atoms with Crippen LogP contribution in [0.5, 0.6) is 5.75 Å². The number of benzene rings is 1. The van der Waals surface area contributed by atoms with E-state index in [1.165, 1.54) is 0 Å². The first-order valence-corrected chi connectivity index (χ1v) is 6.52. The standard InChI is InChI=1S/C13H13NO4S/c1-8(15)7-18-10-4-2-9(3-5-10)6-11-12(16)14-13(17)19-11/h2-6,8,15H,7H2,1H3,(H,14,16,17)/b11-6-. The Morgan fingerprint density at radius 2 is 2.05 bits per heavy atom. The van der Waals surface area contributed by atoms with Gasteiger partial charge in [-0.1, -0.05) is 12.1 Å². The van der Waals surface area contributed by atoms with Gasteiger partial charge in [0.2, 0.25) is 0 Å². The van der Waals surface area contributed by atoms with Gasteiger partial charge in [-0.2, -0.15) is 0 Å². The van der Waals surface area contributed by atoms with E-state index in [0.717, 1.165) is 17.3 Å². The lowest BCUT2D eigenvalue weighted by molar-refractivity contribution is -0.115. The number of nitrogens with one attached hydrogen (secondary N) is 1. The lowest BCUT2D eigenvalue weighted by Crippen LogP contribution is -2.17. The number of rotatable bonds is 4. The molecule has 0 spiro atoms. The van der Waals surface area contributed by atoms with Crippen molar-refractivity contribution in [2.45, 2.75) is 13.0 Å². The molecule has 1 heterocycles. The van der Waals surface area contributed by atoms with Crippen LogP contribution in [0.3, 0.4) is 0 Å². The van der Waals surface area contributed by atoms with Crippen LogP contribution in [0.2, 0.25) is 0 Å². The third-order valence-electron chi connectivity index (χ3n) is 2.31. The van der Waals surface area contributed by atoms with Crippen molar-refractivity contribution in [2.24, 2.45) is 0 Å². The lowest BCUT2D eigenvalue weighted by Gasteiger charge is -2.07. The predicted molar refractivity (Wildman–Crippen MR) is 72.7 cm³/mol. The van der Waals surface area contributed by atoms with E-state index in [0.29, 0.717) is 10.7 Å². The normalized spacial score (nSPS) is 18.5. The molecule has 1 atom stereocenters. The van der Waals surface area contributed by atoms with Crippen molar-refractivity contribution in [1.82, 2.24) is 5.32 Å². The van der Waals surface area contributed by atoms with E-state index in [4.69, 9.17) is 9.84 Å². The Bertz CT molecular complexity index is 522. The highest BCUT2D eigenvalue weighted by Crippen LogP contribution is 2.26. The number of carbonyl (C=O) groups is 2. The molecule has 1 fully saturated rings. The number of ether oxygens (including phenoxy) is 1. The molecule has 0 radical (unpaired) electrons. The van der Waals surface area contributed by atoms with Gasteiger partial charge in [-0.3, -0.25) is 14.9 Å². The molecular formula is C13H13NO4S. The Labute approximate surface area is 114 Å². The number of aliphatic hydroxyl groups excluding tert-OH is 1. The molecule has 0 bridgehead atoms. The summed E-state index contributed by atoms with van der Waals surface area (Å²) >= 11 is 0.884. The molecule has 1 aromatic carbocycles. The Morgan fingerprint density at radius 1 is 1.37 bits per heavy atom. The third kappa shape index (κ3) is 3.84. The molecular weight excluding hydrogens is 266 g/mol. The SMILES string of the molecule is CC(O)COc1ccc(/C=C2\SC(=O)NC2=O)cc1. The van der Waals surface area contributed by atoms with E-state index < -0.39 is 6.10 Å². The van der Waals surface area contributed by atoms with Crippen molar-refractivity contribution in [3.63, 3.8) is 0 Å². The topological polar surface area (TPSA) is 75.6 Å². The number of imide groups is 1. The predicted octanol–water partition coefficient (Wildman–Crippen LogP) is 1.77. The molecule has 0 aliphatic carbocycles. The van der Waals surface area contributed by atoms with Crippen LogP contribution in [0, 0.1) is 0 Å². The molecule has 2 amide bonds. The van der Waals surface area contributed by atoms with Crippen molar-refractivity contribution in [3.05, 3.63) is 34.7 Å². The molecule has 1 aliphatic rings. The molecule has 19 heavy (non-hydrogen) atoms. The fourth-order valence-electron chi connectivity index (χ4n) is 1.45. The van der Waals surface area contributed by atoms with E-state index in [2.05, 4.69) is 5.32 Å². The van der Waals surface area contributed by atoms with Crippen molar-refractivity contribution in [1.29, 1.82) is 0 Å². The van der Waals surface area contributed by atoms with Crippen LogP contribution in [0.25, 0.3) is 6.08 Å². The maximum Gasteiger partial charge on any atom is 0.290 e. The second kappa shape index (κ2) is 5.90. The van der Waals surface area contributed by atoms with Crippen LogP contribution >= 0.6 is 11.8 Å². The van der Waals surface area contributed by atoms with Crippen LogP contribution in [0.4, 0.5) is 4.79 Å². The molecule has 2 N–H and O–H groups in total. The van der Waals surface area contributed by atoms with Gasteiger partial charge in [0.05, 0.1) is 11.0 Å². The molecule has 0 aromatic heterocycles. The van der Waals surface area contributed by atoms with Crippen LogP contribution in [-0.4, -0.2) is 29.0 Å². The zero-order chi connectivity index (χ0) is 13.8. The summed E-state index contributed by atoms with van der Waals surface area (Å²) in [7, 11) is 0. The van der Waals surface area contributed by atoms with E-state index in [-0.39, 0.29) is 17.8 Å². The van der Waals surface area contributed by atoms with Gasteiger partial charge in [-0.05, 0) is 42.5 Å². The first-order chi connectivity index (χ1) is 9.04. The van der Waals surface area contributed by atoms with Crippen LogP contribution in [0.1, 0.15) is 12.5 Å². The largest absolute Gasteiger partial charge is 0.491 e. The zero-order valence-corrected chi connectivity index (χ0v) is 11.1. The van der Waals surface area contributed by atoms with Crippen molar-refractivity contribution < 1.29 is 19.4 Å². The summed E-state index contributed by atoms with van der Waals surface area (Å²) in [6, 6.07) is 7.05. The van der Waals surface area contributed by atoms with Gasteiger partial charge in [0.15, 0.2) is 0 Å². The monoisotopic (exact) mass is 279 g/mol. The van der Waals surface area contributed by atoms with Gasteiger partial charge in [0.25, 0.3) is 11.1 Å². The van der Waals surface area contributed by atoms with Crippen LogP contribution < -0.4 is 10.1 Å². The van der Waals surface area contributed by atoms with E-state index in [1.54, 1.807) is 37.3 Å². The highest BCUT2D eigenvalue weighted by atomic mass is 32.2. The molecule has 1 saturated heterocycles. The third-order valence-corrected chi connectivity index (χ3v) is 3.12. The molecule has 1 aromatic rings. The number of thioether (sulfide) groups is 1.